The van der Waals surface area contributed by atoms with Gasteiger partial charge in [-0.3, -0.25) is 0 Å². The molecule has 0 atom stereocenters. The zero-order valence-corrected chi connectivity index (χ0v) is 9.32. The van der Waals surface area contributed by atoms with E-state index in [1.54, 1.807) is 12.1 Å². The summed E-state index contributed by atoms with van der Waals surface area (Å²) < 4.78 is 25.9. The summed E-state index contributed by atoms with van der Waals surface area (Å²) in [4.78, 5) is 3.57. The van der Waals surface area contributed by atoms with Crippen molar-refractivity contribution >= 4 is 11.5 Å². The zero-order chi connectivity index (χ0) is 13.1. The standard InChI is InChI=1S/C12H11F2N3O/c13-8-4-10(14)12(17-6-8)16-5-7-3-9(15)1-2-11(7)18/h1-4,6,18H,5,15H2,(H,16,17). The summed E-state index contributed by atoms with van der Waals surface area (Å²) in [5.41, 5.74) is 6.55. The summed E-state index contributed by atoms with van der Waals surface area (Å²) >= 11 is 0. The molecule has 0 unspecified atom stereocenters. The highest BCUT2D eigenvalue weighted by atomic mass is 19.1. The third kappa shape index (κ3) is 2.65. The van der Waals surface area contributed by atoms with Crippen LogP contribution in [0.3, 0.4) is 0 Å². The van der Waals surface area contributed by atoms with Gasteiger partial charge in [0, 0.05) is 23.9 Å². The molecule has 18 heavy (non-hydrogen) atoms. The molecule has 2 rings (SSSR count). The maximum absolute atomic E-state index is 13.3. The van der Waals surface area contributed by atoms with E-state index in [9.17, 15) is 13.9 Å². The summed E-state index contributed by atoms with van der Waals surface area (Å²) in [5, 5.41) is 12.2. The Morgan fingerprint density at radius 3 is 2.78 bits per heavy atom. The molecule has 0 aliphatic carbocycles. The summed E-state index contributed by atoms with van der Waals surface area (Å²) in [6.07, 6.45) is 0.907. The molecular formula is C12H11F2N3O. The number of aromatic hydroxyl groups is 1. The molecular weight excluding hydrogens is 240 g/mol. The Labute approximate surface area is 102 Å². The van der Waals surface area contributed by atoms with Crippen molar-refractivity contribution in [3.63, 3.8) is 0 Å². The van der Waals surface area contributed by atoms with Crippen molar-refractivity contribution in [2.45, 2.75) is 6.54 Å². The number of anilines is 2. The van der Waals surface area contributed by atoms with E-state index in [0.717, 1.165) is 12.3 Å². The lowest BCUT2D eigenvalue weighted by Crippen LogP contribution is -2.04. The fraction of sp³-hybridized carbons (Fsp3) is 0.0833. The van der Waals surface area contributed by atoms with Crippen molar-refractivity contribution < 1.29 is 13.9 Å². The van der Waals surface area contributed by atoms with E-state index in [2.05, 4.69) is 10.3 Å². The number of phenols is 1. The molecule has 0 saturated carbocycles. The Kier molecular flexibility index (Phi) is 3.27. The fourth-order valence-electron chi connectivity index (χ4n) is 1.47. The lowest BCUT2D eigenvalue weighted by Gasteiger charge is -2.08. The summed E-state index contributed by atoms with van der Waals surface area (Å²) in [6, 6.07) is 5.29. The number of halogens is 2. The predicted octanol–water partition coefficient (Wildman–Crippen LogP) is 2.26. The van der Waals surface area contributed by atoms with Crippen molar-refractivity contribution in [3.8, 4) is 5.75 Å². The third-order valence-corrected chi connectivity index (χ3v) is 2.36. The number of pyridine rings is 1. The lowest BCUT2D eigenvalue weighted by atomic mass is 10.2. The molecule has 1 heterocycles. The smallest absolute Gasteiger partial charge is 0.168 e. The highest BCUT2D eigenvalue weighted by Crippen LogP contribution is 2.21. The van der Waals surface area contributed by atoms with Gasteiger partial charge in [0.15, 0.2) is 11.6 Å². The van der Waals surface area contributed by atoms with Gasteiger partial charge in [-0.25, -0.2) is 13.8 Å². The second-order valence-electron chi connectivity index (χ2n) is 3.73. The van der Waals surface area contributed by atoms with Gasteiger partial charge in [-0.2, -0.15) is 0 Å². The highest BCUT2D eigenvalue weighted by Gasteiger charge is 2.07. The van der Waals surface area contributed by atoms with Gasteiger partial charge >= 0.3 is 0 Å². The van der Waals surface area contributed by atoms with Crippen molar-refractivity contribution in [3.05, 3.63) is 47.7 Å². The first kappa shape index (κ1) is 12.1. The maximum Gasteiger partial charge on any atom is 0.168 e. The van der Waals surface area contributed by atoms with Crippen molar-refractivity contribution in [2.24, 2.45) is 0 Å². The first-order chi connectivity index (χ1) is 8.56. The van der Waals surface area contributed by atoms with Crippen LogP contribution in [0.15, 0.2) is 30.5 Å². The molecule has 2 aromatic rings. The van der Waals surface area contributed by atoms with Crippen LogP contribution in [-0.2, 0) is 6.54 Å². The lowest BCUT2D eigenvalue weighted by molar-refractivity contribution is 0.469. The number of hydrogen-bond acceptors (Lipinski definition) is 4. The van der Waals surface area contributed by atoms with E-state index in [1.165, 1.54) is 6.07 Å². The molecule has 4 nitrogen and oxygen atoms in total. The van der Waals surface area contributed by atoms with Gasteiger partial charge in [0.05, 0.1) is 6.20 Å². The van der Waals surface area contributed by atoms with E-state index in [4.69, 9.17) is 5.73 Å². The molecule has 0 aliphatic rings. The number of aromatic nitrogens is 1. The first-order valence-corrected chi connectivity index (χ1v) is 5.18. The van der Waals surface area contributed by atoms with Crippen LogP contribution in [-0.4, -0.2) is 10.1 Å². The van der Waals surface area contributed by atoms with Gasteiger partial charge < -0.3 is 16.2 Å². The number of nitrogens with zero attached hydrogens (tertiary/aromatic N) is 1. The topological polar surface area (TPSA) is 71.2 Å². The van der Waals surface area contributed by atoms with E-state index in [1.807, 2.05) is 0 Å². The molecule has 1 aromatic heterocycles. The second kappa shape index (κ2) is 4.87. The molecule has 0 amide bonds. The maximum atomic E-state index is 13.3. The van der Waals surface area contributed by atoms with Crippen molar-refractivity contribution in [1.82, 2.24) is 4.98 Å². The summed E-state index contributed by atoms with van der Waals surface area (Å²) in [5.74, 6) is -1.58. The van der Waals surface area contributed by atoms with Crippen LogP contribution >= 0.6 is 0 Å². The Hall–Kier alpha value is -2.37. The molecule has 4 N–H and O–H groups in total. The highest BCUT2D eigenvalue weighted by molar-refractivity contribution is 5.49. The van der Waals surface area contributed by atoms with Crippen molar-refractivity contribution in [2.75, 3.05) is 11.1 Å². The summed E-state index contributed by atoms with van der Waals surface area (Å²) in [6.45, 7) is 0.131. The van der Waals surface area contributed by atoms with Gasteiger partial charge in [0.25, 0.3) is 0 Å². The molecule has 0 saturated heterocycles. The van der Waals surface area contributed by atoms with E-state index in [-0.39, 0.29) is 18.1 Å². The van der Waals surface area contributed by atoms with Crippen LogP contribution in [0.5, 0.6) is 5.75 Å². The minimum atomic E-state index is -0.793. The Morgan fingerprint density at radius 2 is 2.06 bits per heavy atom. The van der Waals surface area contributed by atoms with Gasteiger partial charge in [-0.15, -0.1) is 0 Å². The molecule has 94 valence electrons. The summed E-state index contributed by atoms with van der Waals surface area (Å²) in [7, 11) is 0. The number of hydrogen-bond donors (Lipinski definition) is 3. The largest absolute Gasteiger partial charge is 0.508 e. The Balaban J connectivity index is 2.13. The molecule has 0 spiro atoms. The van der Waals surface area contributed by atoms with Gasteiger partial charge in [-0.1, -0.05) is 0 Å². The van der Waals surface area contributed by atoms with Crippen molar-refractivity contribution in [1.29, 1.82) is 0 Å². The Morgan fingerprint density at radius 1 is 1.28 bits per heavy atom. The number of nitrogens with two attached hydrogens (primary N) is 1. The SMILES string of the molecule is Nc1ccc(O)c(CNc2ncc(F)cc2F)c1. The number of nitrogen functional groups attached to an aromatic ring is 1. The quantitative estimate of drug-likeness (QED) is 0.578. The number of nitrogens with one attached hydrogen (secondary N) is 1. The molecule has 0 fully saturated rings. The monoisotopic (exact) mass is 251 g/mol. The molecule has 1 aromatic carbocycles. The molecule has 0 aliphatic heterocycles. The average Bonchev–Trinajstić information content (AvgIpc) is 2.32. The van der Waals surface area contributed by atoms with E-state index in [0.29, 0.717) is 11.3 Å². The second-order valence-corrected chi connectivity index (χ2v) is 3.73. The third-order valence-electron chi connectivity index (χ3n) is 2.36. The first-order valence-electron chi connectivity index (χ1n) is 5.18. The van der Waals surface area contributed by atoms with E-state index < -0.39 is 11.6 Å². The van der Waals surface area contributed by atoms with Crippen LogP contribution < -0.4 is 11.1 Å². The minimum absolute atomic E-state index is 0.0409. The minimum Gasteiger partial charge on any atom is -0.508 e. The van der Waals surface area contributed by atoms with Crippen LogP contribution in [0.25, 0.3) is 0 Å². The van der Waals surface area contributed by atoms with Crippen LogP contribution in [0.2, 0.25) is 0 Å². The van der Waals surface area contributed by atoms with Crippen LogP contribution in [0.1, 0.15) is 5.56 Å². The molecule has 0 bridgehead atoms. The number of rotatable bonds is 3. The zero-order valence-electron chi connectivity index (χ0n) is 9.32. The number of phenolic OH excluding ortho intramolecular Hbond substituents is 1. The number of benzene rings is 1. The van der Waals surface area contributed by atoms with Gasteiger partial charge in [0.1, 0.15) is 11.6 Å². The van der Waals surface area contributed by atoms with Crippen LogP contribution in [0, 0.1) is 11.6 Å². The Bertz CT molecular complexity index is 575. The van der Waals surface area contributed by atoms with Gasteiger partial charge in [-0.05, 0) is 18.2 Å². The van der Waals surface area contributed by atoms with E-state index >= 15 is 0 Å². The normalized spacial score (nSPS) is 10.3. The predicted molar refractivity (Wildman–Crippen MR) is 64.0 cm³/mol. The van der Waals surface area contributed by atoms with Gasteiger partial charge in [0.2, 0.25) is 0 Å². The molecule has 6 heteroatoms. The molecule has 0 radical (unpaired) electrons. The fourth-order valence-corrected chi connectivity index (χ4v) is 1.47. The average molecular weight is 251 g/mol. The van der Waals surface area contributed by atoms with Crippen LogP contribution in [0.4, 0.5) is 20.3 Å².